The average Bonchev–Trinajstić information content (AvgIpc) is 2.30. The number of hydrogen-bond donors (Lipinski definition) is 1. The van der Waals surface area contributed by atoms with Gasteiger partial charge in [-0.1, -0.05) is 25.2 Å². The lowest BCUT2D eigenvalue weighted by molar-refractivity contribution is 0.0690. The molecule has 16 heavy (non-hydrogen) atoms. The summed E-state index contributed by atoms with van der Waals surface area (Å²) in [7, 11) is 0. The first-order valence-corrected chi connectivity index (χ1v) is 5.07. The Labute approximate surface area is 94.4 Å². The fraction of sp³-hybridized carbons (Fsp3) is 0.250. The minimum absolute atomic E-state index is 0.00856. The van der Waals surface area contributed by atoms with Crippen molar-refractivity contribution >= 4 is 11.5 Å². The van der Waals surface area contributed by atoms with Gasteiger partial charge < -0.3 is 5.11 Å². The highest BCUT2D eigenvalue weighted by Gasteiger charge is 2.07. The van der Waals surface area contributed by atoms with Crippen molar-refractivity contribution in [1.29, 1.82) is 0 Å². The molecule has 1 aromatic rings. The van der Waals surface area contributed by atoms with Crippen LogP contribution < -0.4 is 0 Å². The number of carboxylic acids is 1. The molecule has 0 aliphatic heterocycles. The van der Waals surface area contributed by atoms with E-state index in [1.807, 2.05) is 32.1 Å². The van der Waals surface area contributed by atoms with E-state index in [1.54, 1.807) is 0 Å². The van der Waals surface area contributed by atoms with Crippen molar-refractivity contribution in [2.45, 2.75) is 20.3 Å². The van der Waals surface area contributed by atoms with Gasteiger partial charge in [0.1, 0.15) is 6.33 Å². The van der Waals surface area contributed by atoms with E-state index in [0.717, 1.165) is 12.0 Å². The minimum atomic E-state index is -1.04. The number of aromatic nitrogens is 2. The molecule has 0 aliphatic carbocycles. The first-order chi connectivity index (χ1) is 7.69. The number of aromatic carboxylic acids is 1. The van der Waals surface area contributed by atoms with Crippen LogP contribution in [-0.2, 0) is 0 Å². The van der Waals surface area contributed by atoms with E-state index >= 15 is 0 Å². The van der Waals surface area contributed by atoms with Crippen molar-refractivity contribution in [3.63, 3.8) is 0 Å². The average molecular weight is 218 g/mol. The van der Waals surface area contributed by atoms with Crippen LogP contribution in [0, 0.1) is 0 Å². The standard InChI is InChI=1S/C12H14N2O2/c1-3-5-6-9(4-2)10-7-11(12(15)16)14-8-13-10/h4-8H,3H2,1-2H3,(H,15,16)/b6-5-,9-4+. The van der Waals surface area contributed by atoms with Gasteiger partial charge in [-0.05, 0) is 25.0 Å². The van der Waals surface area contributed by atoms with Gasteiger partial charge in [-0.25, -0.2) is 14.8 Å². The molecule has 0 saturated carbocycles. The van der Waals surface area contributed by atoms with Crippen molar-refractivity contribution in [2.24, 2.45) is 0 Å². The Morgan fingerprint density at radius 2 is 2.12 bits per heavy atom. The summed E-state index contributed by atoms with van der Waals surface area (Å²) >= 11 is 0. The Kier molecular flexibility index (Phi) is 4.39. The summed E-state index contributed by atoms with van der Waals surface area (Å²) in [5.41, 5.74) is 1.53. The van der Waals surface area contributed by atoms with Crippen LogP contribution in [0.15, 0.2) is 30.6 Å². The molecule has 84 valence electrons. The first kappa shape index (κ1) is 12.1. The topological polar surface area (TPSA) is 63.1 Å². The molecule has 0 amide bonds. The summed E-state index contributed by atoms with van der Waals surface area (Å²) < 4.78 is 0. The van der Waals surface area contributed by atoms with Crippen LogP contribution in [0.2, 0.25) is 0 Å². The summed E-state index contributed by atoms with van der Waals surface area (Å²) in [6, 6.07) is 1.47. The van der Waals surface area contributed by atoms with E-state index in [0.29, 0.717) is 5.69 Å². The predicted molar refractivity (Wildman–Crippen MR) is 62.1 cm³/mol. The molecule has 0 aliphatic rings. The lowest BCUT2D eigenvalue weighted by Crippen LogP contribution is -2.02. The molecule has 4 nitrogen and oxygen atoms in total. The third kappa shape index (κ3) is 3.02. The zero-order chi connectivity index (χ0) is 12.0. The van der Waals surface area contributed by atoms with Crippen LogP contribution in [0.25, 0.3) is 5.57 Å². The van der Waals surface area contributed by atoms with Gasteiger partial charge in [0.2, 0.25) is 0 Å². The number of allylic oxidation sites excluding steroid dienone is 4. The van der Waals surface area contributed by atoms with Crippen LogP contribution in [-0.4, -0.2) is 21.0 Å². The number of hydrogen-bond acceptors (Lipinski definition) is 3. The highest BCUT2D eigenvalue weighted by atomic mass is 16.4. The highest BCUT2D eigenvalue weighted by Crippen LogP contribution is 2.13. The molecule has 0 spiro atoms. The van der Waals surface area contributed by atoms with Crippen molar-refractivity contribution < 1.29 is 9.90 Å². The van der Waals surface area contributed by atoms with Gasteiger partial charge in [0.05, 0.1) is 5.69 Å². The SMILES string of the molecule is C/C=C(\C=C/CC)c1cc(C(=O)O)ncn1. The van der Waals surface area contributed by atoms with Crippen molar-refractivity contribution in [3.8, 4) is 0 Å². The number of carboxylic acid groups (broad SMARTS) is 1. The van der Waals surface area contributed by atoms with Gasteiger partial charge >= 0.3 is 5.97 Å². The molecule has 0 saturated heterocycles. The van der Waals surface area contributed by atoms with Gasteiger partial charge in [0.15, 0.2) is 5.69 Å². The lowest BCUT2D eigenvalue weighted by atomic mass is 10.1. The predicted octanol–water partition coefficient (Wildman–Crippen LogP) is 2.54. The molecular weight excluding hydrogens is 204 g/mol. The molecule has 0 bridgehead atoms. The summed E-state index contributed by atoms with van der Waals surface area (Å²) in [6.45, 7) is 3.92. The highest BCUT2D eigenvalue weighted by molar-refractivity contribution is 5.86. The summed E-state index contributed by atoms with van der Waals surface area (Å²) in [6.07, 6.45) is 8.00. The van der Waals surface area contributed by atoms with Gasteiger partial charge in [-0.3, -0.25) is 0 Å². The molecule has 0 aromatic carbocycles. The number of carbonyl (C=O) groups is 1. The van der Waals surface area contributed by atoms with Crippen LogP contribution in [0.5, 0.6) is 0 Å². The van der Waals surface area contributed by atoms with Crippen LogP contribution >= 0.6 is 0 Å². The summed E-state index contributed by atoms with van der Waals surface area (Å²) in [5, 5.41) is 8.81. The first-order valence-electron chi connectivity index (χ1n) is 5.07. The van der Waals surface area contributed by atoms with E-state index < -0.39 is 5.97 Å². The largest absolute Gasteiger partial charge is 0.477 e. The second kappa shape index (κ2) is 5.80. The molecule has 1 aromatic heterocycles. The smallest absolute Gasteiger partial charge is 0.354 e. The van der Waals surface area contributed by atoms with E-state index in [4.69, 9.17) is 5.11 Å². The zero-order valence-corrected chi connectivity index (χ0v) is 9.34. The van der Waals surface area contributed by atoms with Crippen molar-refractivity contribution in [2.75, 3.05) is 0 Å². The summed E-state index contributed by atoms with van der Waals surface area (Å²) in [5.74, 6) is -1.04. The van der Waals surface area contributed by atoms with E-state index in [2.05, 4.69) is 9.97 Å². The molecule has 1 heterocycles. The molecule has 0 radical (unpaired) electrons. The zero-order valence-electron chi connectivity index (χ0n) is 9.34. The Bertz CT molecular complexity index is 436. The molecule has 0 fully saturated rings. The molecule has 1 rings (SSSR count). The Morgan fingerprint density at radius 1 is 1.44 bits per heavy atom. The monoisotopic (exact) mass is 218 g/mol. The van der Waals surface area contributed by atoms with E-state index in [1.165, 1.54) is 12.4 Å². The Morgan fingerprint density at radius 3 is 2.69 bits per heavy atom. The fourth-order valence-electron chi connectivity index (χ4n) is 1.21. The molecule has 0 atom stereocenters. The van der Waals surface area contributed by atoms with Crippen LogP contribution in [0.4, 0.5) is 0 Å². The van der Waals surface area contributed by atoms with Gasteiger partial charge in [0, 0.05) is 0 Å². The third-order valence-corrected chi connectivity index (χ3v) is 2.03. The lowest BCUT2D eigenvalue weighted by Gasteiger charge is -2.01. The Balaban J connectivity index is 3.07. The van der Waals surface area contributed by atoms with Gasteiger partial charge in [0.25, 0.3) is 0 Å². The molecule has 1 N–H and O–H groups in total. The second-order valence-electron chi connectivity index (χ2n) is 3.15. The van der Waals surface area contributed by atoms with Gasteiger partial charge in [-0.2, -0.15) is 0 Å². The maximum absolute atomic E-state index is 10.8. The van der Waals surface area contributed by atoms with Crippen molar-refractivity contribution in [3.05, 3.63) is 42.0 Å². The normalized spacial score (nSPS) is 12.0. The fourth-order valence-corrected chi connectivity index (χ4v) is 1.21. The molecule has 0 unspecified atom stereocenters. The maximum Gasteiger partial charge on any atom is 0.354 e. The maximum atomic E-state index is 10.8. The van der Waals surface area contributed by atoms with Crippen LogP contribution in [0.3, 0.4) is 0 Å². The van der Waals surface area contributed by atoms with Crippen molar-refractivity contribution in [1.82, 2.24) is 9.97 Å². The number of nitrogens with zero attached hydrogens (tertiary/aromatic N) is 2. The third-order valence-electron chi connectivity index (χ3n) is 2.03. The quantitative estimate of drug-likeness (QED) is 0.789. The Hall–Kier alpha value is -1.97. The van der Waals surface area contributed by atoms with E-state index in [-0.39, 0.29) is 5.69 Å². The minimum Gasteiger partial charge on any atom is -0.477 e. The summed E-state index contributed by atoms with van der Waals surface area (Å²) in [4.78, 5) is 18.5. The van der Waals surface area contributed by atoms with Gasteiger partial charge in [-0.15, -0.1) is 0 Å². The molecule has 4 heteroatoms. The van der Waals surface area contributed by atoms with E-state index in [9.17, 15) is 4.79 Å². The second-order valence-corrected chi connectivity index (χ2v) is 3.15. The molecular formula is C12H14N2O2. The van der Waals surface area contributed by atoms with Crippen LogP contribution in [0.1, 0.15) is 36.5 Å². The number of rotatable bonds is 4.